The molecule has 1 amide bonds. The van der Waals surface area contributed by atoms with Crippen LogP contribution in [0.25, 0.3) is 0 Å². The summed E-state index contributed by atoms with van der Waals surface area (Å²) in [6.07, 6.45) is 1.06. The number of hydrogen-bond donors (Lipinski definition) is 1. The average molecular weight is 338 g/mol. The standard InChI is InChI=1S/C19H18N2O2S/c1-23-17-9-5-8-15(11-17)20-18(22)12-16-13-24-19(21-16)10-14-6-3-2-4-7-14/h2-9,11,13H,10,12H2,1H3,(H,20,22). The Balaban J connectivity index is 1.58. The number of rotatable bonds is 6. The first kappa shape index (κ1) is 16.2. The molecule has 0 aliphatic heterocycles. The molecule has 0 aliphatic rings. The van der Waals surface area contributed by atoms with Crippen molar-refractivity contribution in [2.75, 3.05) is 12.4 Å². The van der Waals surface area contributed by atoms with E-state index in [0.29, 0.717) is 5.75 Å². The van der Waals surface area contributed by atoms with Gasteiger partial charge >= 0.3 is 0 Å². The van der Waals surface area contributed by atoms with Gasteiger partial charge in [-0.25, -0.2) is 4.98 Å². The number of hydrogen-bond acceptors (Lipinski definition) is 4. The van der Waals surface area contributed by atoms with E-state index in [4.69, 9.17) is 4.74 Å². The van der Waals surface area contributed by atoms with Gasteiger partial charge in [0.2, 0.25) is 5.91 Å². The second kappa shape index (κ2) is 7.75. The van der Waals surface area contributed by atoms with Crippen LogP contribution in [-0.2, 0) is 17.6 Å². The number of ether oxygens (including phenoxy) is 1. The molecule has 0 aliphatic carbocycles. The summed E-state index contributed by atoms with van der Waals surface area (Å²) >= 11 is 1.59. The number of thiazole rings is 1. The Morgan fingerprint density at radius 1 is 1.17 bits per heavy atom. The normalized spacial score (nSPS) is 10.4. The van der Waals surface area contributed by atoms with E-state index >= 15 is 0 Å². The summed E-state index contributed by atoms with van der Waals surface area (Å²) in [6.45, 7) is 0. The van der Waals surface area contributed by atoms with Gasteiger partial charge in [-0.3, -0.25) is 4.79 Å². The average Bonchev–Trinajstić information content (AvgIpc) is 3.02. The molecule has 2 aromatic carbocycles. The fourth-order valence-electron chi connectivity index (χ4n) is 2.35. The molecule has 1 aromatic heterocycles. The van der Waals surface area contributed by atoms with Crippen molar-refractivity contribution in [2.45, 2.75) is 12.8 Å². The fraction of sp³-hybridized carbons (Fsp3) is 0.158. The fourth-order valence-corrected chi connectivity index (χ4v) is 3.18. The molecular formula is C19H18N2O2S. The van der Waals surface area contributed by atoms with Gasteiger partial charge in [0.25, 0.3) is 0 Å². The molecule has 1 N–H and O–H groups in total. The van der Waals surface area contributed by atoms with Gasteiger partial charge < -0.3 is 10.1 Å². The Bertz CT molecular complexity index is 815. The maximum absolute atomic E-state index is 12.2. The highest BCUT2D eigenvalue weighted by atomic mass is 32.1. The molecule has 0 unspecified atom stereocenters. The van der Waals surface area contributed by atoms with E-state index in [1.807, 2.05) is 41.8 Å². The van der Waals surface area contributed by atoms with Crippen molar-refractivity contribution in [1.29, 1.82) is 0 Å². The summed E-state index contributed by atoms with van der Waals surface area (Å²) in [5.74, 6) is 0.631. The van der Waals surface area contributed by atoms with Crippen LogP contribution in [0.3, 0.4) is 0 Å². The zero-order valence-corrected chi connectivity index (χ0v) is 14.2. The number of nitrogens with zero attached hydrogens (tertiary/aromatic N) is 1. The Hall–Kier alpha value is -2.66. The summed E-state index contributed by atoms with van der Waals surface area (Å²) in [4.78, 5) is 16.7. The van der Waals surface area contributed by atoms with E-state index in [-0.39, 0.29) is 12.3 Å². The lowest BCUT2D eigenvalue weighted by atomic mass is 10.2. The first-order valence-corrected chi connectivity index (χ1v) is 8.52. The van der Waals surface area contributed by atoms with Gasteiger partial charge in [0.1, 0.15) is 5.75 Å². The summed E-state index contributed by atoms with van der Waals surface area (Å²) in [5.41, 5.74) is 2.74. The lowest BCUT2D eigenvalue weighted by molar-refractivity contribution is -0.115. The van der Waals surface area contributed by atoms with Crippen molar-refractivity contribution < 1.29 is 9.53 Å². The summed E-state index contributed by atoms with van der Waals surface area (Å²) in [5, 5.41) is 5.84. The number of benzene rings is 2. The van der Waals surface area contributed by atoms with E-state index in [9.17, 15) is 4.79 Å². The molecule has 0 saturated heterocycles. The summed E-state index contributed by atoms with van der Waals surface area (Å²) < 4.78 is 5.15. The molecule has 5 heteroatoms. The predicted octanol–water partition coefficient (Wildman–Crippen LogP) is 3.92. The van der Waals surface area contributed by atoms with Crippen molar-refractivity contribution >= 4 is 22.9 Å². The quantitative estimate of drug-likeness (QED) is 0.741. The minimum atomic E-state index is -0.0835. The smallest absolute Gasteiger partial charge is 0.230 e. The first-order valence-electron chi connectivity index (χ1n) is 7.64. The maximum Gasteiger partial charge on any atom is 0.230 e. The number of anilines is 1. The molecule has 0 atom stereocenters. The lowest BCUT2D eigenvalue weighted by Gasteiger charge is -2.06. The molecule has 4 nitrogen and oxygen atoms in total. The van der Waals surface area contributed by atoms with Crippen LogP contribution < -0.4 is 10.1 Å². The minimum absolute atomic E-state index is 0.0835. The van der Waals surface area contributed by atoms with Gasteiger partial charge in [0.15, 0.2) is 0 Å². The van der Waals surface area contributed by atoms with Crippen LogP contribution in [-0.4, -0.2) is 18.0 Å². The van der Waals surface area contributed by atoms with Gasteiger partial charge in [-0.2, -0.15) is 0 Å². The van der Waals surface area contributed by atoms with E-state index in [0.717, 1.165) is 22.8 Å². The molecule has 0 spiro atoms. The van der Waals surface area contributed by atoms with Crippen molar-refractivity contribution in [2.24, 2.45) is 0 Å². The van der Waals surface area contributed by atoms with Crippen LogP contribution in [0.1, 0.15) is 16.3 Å². The maximum atomic E-state index is 12.2. The second-order valence-corrected chi connectivity index (χ2v) is 6.29. The summed E-state index contributed by atoms with van der Waals surface area (Å²) in [7, 11) is 1.60. The van der Waals surface area contributed by atoms with Crippen molar-refractivity contribution in [3.05, 3.63) is 76.2 Å². The Kier molecular flexibility index (Phi) is 5.23. The third-order valence-corrected chi connectivity index (χ3v) is 4.39. The van der Waals surface area contributed by atoms with Crippen molar-refractivity contribution in [1.82, 2.24) is 4.98 Å². The van der Waals surface area contributed by atoms with E-state index in [1.165, 1.54) is 5.56 Å². The molecule has 0 radical (unpaired) electrons. The molecule has 3 aromatic rings. The third kappa shape index (κ3) is 4.43. The van der Waals surface area contributed by atoms with Crippen LogP contribution in [0, 0.1) is 0 Å². The molecule has 0 saturated carbocycles. The van der Waals surface area contributed by atoms with Crippen LogP contribution in [0.15, 0.2) is 60.0 Å². The van der Waals surface area contributed by atoms with Gasteiger partial charge in [0, 0.05) is 23.6 Å². The highest BCUT2D eigenvalue weighted by Gasteiger charge is 2.09. The number of aromatic nitrogens is 1. The number of carbonyl (C=O) groups is 1. The largest absolute Gasteiger partial charge is 0.497 e. The Morgan fingerprint density at radius 3 is 2.79 bits per heavy atom. The molecule has 0 fully saturated rings. The van der Waals surface area contributed by atoms with Crippen LogP contribution in [0.4, 0.5) is 5.69 Å². The molecule has 122 valence electrons. The van der Waals surface area contributed by atoms with E-state index in [1.54, 1.807) is 24.5 Å². The Labute approximate surface area is 145 Å². The number of nitrogens with one attached hydrogen (secondary N) is 1. The molecule has 0 bridgehead atoms. The summed E-state index contributed by atoms with van der Waals surface area (Å²) in [6, 6.07) is 17.5. The monoisotopic (exact) mass is 338 g/mol. The third-order valence-electron chi connectivity index (χ3n) is 3.49. The SMILES string of the molecule is COc1cccc(NC(=O)Cc2csc(Cc3ccccc3)n2)c1. The van der Waals surface area contributed by atoms with Crippen molar-refractivity contribution in [3.63, 3.8) is 0 Å². The number of methoxy groups -OCH3 is 1. The molecule has 1 heterocycles. The number of amides is 1. The zero-order valence-electron chi connectivity index (χ0n) is 13.4. The second-order valence-electron chi connectivity index (χ2n) is 5.35. The number of carbonyl (C=O) groups excluding carboxylic acids is 1. The lowest BCUT2D eigenvalue weighted by Crippen LogP contribution is -2.14. The van der Waals surface area contributed by atoms with Gasteiger partial charge in [-0.05, 0) is 17.7 Å². The Morgan fingerprint density at radius 2 is 2.00 bits per heavy atom. The first-order chi connectivity index (χ1) is 11.7. The topological polar surface area (TPSA) is 51.2 Å². The van der Waals surface area contributed by atoms with Gasteiger partial charge in [-0.15, -0.1) is 11.3 Å². The van der Waals surface area contributed by atoms with Crippen LogP contribution in [0.2, 0.25) is 0 Å². The molecule has 24 heavy (non-hydrogen) atoms. The predicted molar refractivity (Wildman–Crippen MR) is 96.7 cm³/mol. The van der Waals surface area contributed by atoms with Crippen LogP contribution in [0.5, 0.6) is 5.75 Å². The highest BCUT2D eigenvalue weighted by molar-refractivity contribution is 7.09. The van der Waals surface area contributed by atoms with Gasteiger partial charge in [0.05, 0.1) is 24.2 Å². The highest BCUT2D eigenvalue weighted by Crippen LogP contribution is 2.18. The zero-order chi connectivity index (χ0) is 16.8. The molecular weight excluding hydrogens is 320 g/mol. The van der Waals surface area contributed by atoms with Crippen LogP contribution >= 0.6 is 11.3 Å². The van der Waals surface area contributed by atoms with Crippen molar-refractivity contribution in [3.8, 4) is 5.75 Å². The molecule has 3 rings (SSSR count). The van der Waals surface area contributed by atoms with Gasteiger partial charge in [-0.1, -0.05) is 36.4 Å². The van der Waals surface area contributed by atoms with E-state index < -0.39 is 0 Å². The van der Waals surface area contributed by atoms with E-state index in [2.05, 4.69) is 22.4 Å². The minimum Gasteiger partial charge on any atom is -0.497 e.